The molecule has 98 valence electrons. The van der Waals surface area contributed by atoms with E-state index in [2.05, 4.69) is 58.1 Å². The summed E-state index contributed by atoms with van der Waals surface area (Å²) in [4.78, 5) is 5.92. The van der Waals surface area contributed by atoms with Gasteiger partial charge >= 0.3 is 0 Å². The molecule has 0 saturated carbocycles. The van der Waals surface area contributed by atoms with Gasteiger partial charge in [-0.15, -0.1) is 12.4 Å². The van der Waals surface area contributed by atoms with Crippen molar-refractivity contribution in [2.75, 3.05) is 14.1 Å². The highest BCUT2D eigenvalue weighted by Gasteiger charge is 2.23. The Labute approximate surface area is 122 Å². The maximum atomic E-state index is 3.58. The van der Waals surface area contributed by atoms with Crippen LogP contribution in [0.5, 0.6) is 0 Å². The molecule has 1 aromatic carbocycles. The topological polar surface area (TPSA) is 19.0 Å². The lowest BCUT2D eigenvalue weighted by Crippen LogP contribution is -2.33. The van der Waals surface area contributed by atoms with Crippen molar-refractivity contribution in [3.8, 4) is 0 Å². The highest BCUT2D eigenvalue weighted by atomic mass is 79.9. The number of H-pyrrole nitrogens is 1. The molecule has 0 saturated heterocycles. The molecule has 0 radical (unpaired) electrons. The fourth-order valence-electron chi connectivity index (χ4n) is 2.82. The molecule has 2 nitrogen and oxygen atoms in total. The summed E-state index contributed by atoms with van der Waals surface area (Å²) in [6.07, 6.45) is 3.60. The van der Waals surface area contributed by atoms with Gasteiger partial charge in [0, 0.05) is 33.5 Å². The van der Waals surface area contributed by atoms with Crippen molar-refractivity contribution in [2.45, 2.75) is 25.3 Å². The first-order valence-electron chi connectivity index (χ1n) is 6.10. The second kappa shape index (κ2) is 5.24. The molecule has 0 fully saturated rings. The fraction of sp³-hybridized carbons (Fsp3) is 0.429. The lowest BCUT2D eigenvalue weighted by molar-refractivity contribution is 0.267. The summed E-state index contributed by atoms with van der Waals surface area (Å²) in [6.45, 7) is 0. The van der Waals surface area contributed by atoms with Crippen molar-refractivity contribution >= 4 is 39.2 Å². The summed E-state index contributed by atoms with van der Waals surface area (Å²) in [5, 5.41) is 1.39. The van der Waals surface area contributed by atoms with Crippen molar-refractivity contribution in [1.82, 2.24) is 9.88 Å². The molecular weight excluding hydrogens is 312 g/mol. The summed E-state index contributed by atoms with van der Waals surface area (Å²) < 4.78 is 1.17. The van der Waals surface area contributed by atoms with E-state index < -0.39 is 0 Å². The minimum absolute atomic E-state index is 0. The van der Waals surface area contributed by atoms with Gasteiger partial charge < -0.3 is 9.88 Å². The zero-order valence-corrected chi connectivity index (χ0v) is 13.1. The van der Waals surface area contributed by atoms with Gasteiger partial charge in [0.25, 0.3) is 0 Å². The van der Waals surface area contributed by atoms with Crippen molar-refractivity contribution in [3.63, 3.8) is 0 Å². The van der Waals surface area contributed by atoms with Crippen LogP contribution >= 0.6 is 28.3 Å². The normalized spacial score (nSPS) is 18.8. The largest absolute Gasteiger partial charge is 0.358 e. The second-order valence-corrected chi connectivity index (χ2v) is 6.05. The maximum Gasteiger partial charge on any atom is 0.0459 e. The number of aromatic amines is 1. The first-order valence-corrected chi connectivity index (χ1v) is 6.90. The number of fused-ring (bicyclic) bond motifs is 3. The number of benzene rings is 1. The molecule has 0 spiro atoms. The zero-order chi connectivity index (χ0) is 12.0. The Morgan fingerprint density at radius 2 is 2.11 bits per heavy atom. The van der Waals surface area contributed by atoms with Crippen LogP contribution in [0.1, 0.15) is 17.7 Å². The van der Waals surface area contributed by atoms with E-state index in [4.69, 9.17) is 0 Å². The molecule has 0 aliphatic heterocycles. The maximum absolute atomic E-state index is 3.58. The number of hydrogen-bond donors (Lipinski definition) is 1. The van der Waals surface area contributed by atoms with E-state index in [0.29, 0.717) is 6.04 Å². The van der Waals surface area contributed by atoms with Crippen LogP contribution in [-0.4, -0.2) is 30.0 Å². The van der Waals surface area contributed by atoms with Gasteiger partial charge in [0.05, 0.1) is 0 Å². The van der Waals surface area contributed by atoms with Crippen molar-refractivity contribution in [1.29, 1.82) is 0 Å². The lowest BCUT2D eigenvalue weighted by atomic mass is 9.91. The van der Waals surface area contributed by atoms with Gasteiger partial charge in [-0.3, -0.25) is 0 Å². The molecular formula is C14H18BrClN2. The van der Waals surface area contributed by atoms with E-state index in [1.165, 1.54) is 39.5 Å². The Hall–Kier alpha value is -0.510. The molecule has 0 unspecified atom stereocenters. The van der Waals surface area contributed by atoms with Gasteiger partial charge in [-0.2, -0.15) is 0 Å². The Kier molecular flexibility index (Phi) is 4.05. The van der Waals surface area contributed by atoms with Gasteiger partial charge in [0.1, 0.15) is 0 Å². The third-order valence-corrected chi connectivity index (χ3v) is 4.35. The first-order chi connectivity index (χ1) is 8.15. The van der Waals surface area contributed by atoms with E-state index in [0.717, 1.165) is 6.42 Å². The van der Waals surface area contributed by atoms with Crippen LogP contribution in [0.15, 0.2) is 22.7 Å². The Balaban J connectivity index is 0.00000120. The number of halogens is 2. The first kappa shape index (κ1) is 13.9. The second-order valence-electron chi connectivity index (χ2n) is 5.13. The fourth-order valence-corrected chi connectivity index (χ4v) is 3.19. The zero-order valence-electron chi connectivity index (χ0n) is 10.7. The summed E-state index contributed by atoms with van der Waals surface area (Å²) in [5.41, 5.74) is 4.24. The standard InChI is InChI=1S/C14H17BrN2.ClH/c1-17(2)10-4-5-11-12-7-9(15)3-6-13(12)16-14(11)8-10;/h3,6-7,10,16H,4-5,8H2,1-2H3;1H/t10-;/m1./s1. The van der Waals surface area contributed by atoms with Crippen molar-refractivity contribution in [2.24, 2.45) is 0 Å². The molecule has 1 N–H and O–H groups in total. The summed E-state index contributed by atoms with van der Waals surface area (Å²) >= 11 is 3.56. The molecule has 0 amide bonds. The molecule has 1 heterocycles. The number of nitrogens with one attached hydrogen (secondary N) is 1. The molecule has 18 heavy (non-hydrogen) atoms. The monoisotopic (exact) mass is 328 g/mol. The number of nitrogens with zero attached hydrogens (tertiary/aromatic N) is 1. The number of hydrogen-bond acceptors (Lipinski definition) is 1. The van der Waals surface area contributed by atoms with Crippen LogP contribution < -0.4 is 0 Å². The average Bonchev–Trinajstić information content (AvgIpc) is 2.66. The Bertz CT molecular complexity index is 562. The third kappa shape index (κ3) is 2.31. The molecule has 0 bridgehead atoms. The van der Waals surface area contributed by atoms with Gasteiger partial charge in [0.2, 0.25) is 0 Å². The van der Waals surface area contributed by atoms with Crippen molar-refractivity contribution in [3.05, 3.63) is 33.9 Å². The van der Waals surface area contributed by atoms with Crippen LogP contribution in [-0.2, 0) is 12.8 Å². The van der Waals surface area contributed by atoms with Gasteiger partial charge in [-0.05, 0) is 50.7 Å². The van der Waals surface area contributed by atoms with Gasteiger partial charge in [-0.25, -0.2) is 0 Å². The van der Waals surface area contributed by atoms with E-state index in [1.54, 1.807) is 0 Å². The van der Waals surface area contributed by atoms with E-state index >= 15 is 0 Å². The third-order valence-electron chi connectivity index (χ3n) is 3.85. The molecule has 4 heteroatoms. The van der Waals surface area contributed by atoms with E-state index in [-0.39, 0.29) is 12.4 Å². The highest BCUT2D eigenvalue weighted by Crippen LogP contribution is 2.31. The molecule has 1 aliphatic rings. The van der Waals surface area contributed by atoms with Crippen LogP contribution in [0.2, 0.25) is 0 Å². The molecule has 3 rings (SSSR count). The summed E-state index contributed by atoms with van der Waals surface area (Å²) in [6, 6.07) is 7.19. The molecule has 1 atom stereocenters. The average molecular weight is 330 g/mol. The van der Waals surface area contributed by atoms with E-state index in [1.807, 2.05) is 0 Å². The molecule has 1 aromatic heterocycles. The van der Waals surface area contributed by atoms with Crippen molar-refractivity contribution < 1.29 is 0 Å². The van der Waals surface area contributed by atoms with Crippen LogP contribution in [0.4, 0.5) is 0 Å². The predicted octanol–water partition coefficient (Wildman–Crippen LogP) is 3.77. The van der Waals surface area contributed by atoms with Crippen LogP contribution in [0, 0.1) is 0 Å². The highest BCUT2D eigenvalue weighted by molar-refractivity contribution is 9.10. The smallest absolute Gasteiger partial charge is 0.0459 e. The van der Waals surface area contributed by atoms with Crippen LogP contribution in [0.25, 0.3) is 10.9 Å². The molecule has 1 aliphatic carbocycles. The Morgan fingerprint density at radius 3 is 2.83 bits per heavy atom. The number of aryl methyl sites for hydroxylation is 1. The van der Waals surface area contributed by atoms with Gasteiger partial charge in [-0.1, -0.05) is 15.9 Å². The summed E-state index contributed by atoms with van der Waals surface area (Å²) in [7, 11) is 4.35. The minimum Gasteiger partial charge on any atom is -0.358 e. The molecule has 2 aromatic rings. The van der Waals surface area contributed by atoms with Crippen LogP contribution in [0.3, 0.4) is 0 Å². The SMILES string of the molecule is CN(C)[C@@H]1CCc2c([nH]c3ccc(Br)cc23)C1.Cl. The Morgan fingerprint density at radius 1 is 1.33 bits per heavy atom. The number of aromatic nitrogens is 1. The number of rotatable bonds is 1. The number of likely N-dealkylation sites (N-methyl/N-ethyl adjacent to an activating group) is 1. The lowest BCUT2D eigenvalue weighted by Gasteiger charge is -2.28. The van der Waals surface area contributed by atoms with Gasteiger partial charge in [0.15, 0.2) is 0 Å². The quantitative estimate of drug-likeness (QED) is 0.844. The van der Waals surface area contributed by atoms with E-state index in [9.17, 15) is 0 Å². The predicted molar refractivity (Wildman–Crippen MR) is 82.7 cm³/mol. The minimum atomic E-state index is 0. The summed E-state index contributed by atoms with van der Waals surface area (Å²) in [5.74, 6) is 0.